The highest BCUT2D eigenvalue weighted by Crippen LogP contribution is 2.25. The first-order valence-electron chi connectivity index (χ1n) is 8.80. The van der Waals surface area contributed by atoms with Crippen LogP contribution in [0.1, 0.15) is 38.3 Å². The average Bonchev–Trinajstić information content (AvgIpc) is 2.52. The molecule has 0 aromatic heterocycles. The van der Waals surface area contributed by atoms with Crippen LogP contribution in [0.5, 0.6) is 0 Å². The topological polar surface area (TPSA) is 53.0 Å². The van der Waals surface area contributed by atoms with E-state index in [1.54, 1.807) is 4.90 Å². The van der Waals surface area contributed by atoms with Crippen molar-refractivity contribution in [2.75, 3.05) is 19.6 Å². The first kappa shape index (κ1) is 17.2. The quantitative estimate of drug-likeness (QED) is 0.858. The number of rotatable bonds is 1. The highest BCUT2D eigenvalue weighted by atomic mass is 16.6. The Balaban J connectivity index is 1.60. The van der Waals surface area contributed by atoms with Crippen LogP contribution in [0.25, 0.3) is 0 Å². The molecule has 1 N–H and O–H groups in total. The van der Waals surface area contributed by atoms with E-state index in [0.29, 0.717) is 13.1 Å². The summed E-state index contributed by atoms with van der Waals surface area (Å²) in [5, 5.41) is 10.6. The third-order valence-corrected chi connectivity index (χ3v) is 4.83. The Bertz CT molecular complexity index is 597. The molecule has 0 radical (unpaired) electrons. The molecule has 1 unspecified atom stereocenters. The van der Waals surface area contributed by atoms with Crippen LogP contribution >= 0.6 is 0 Å². The van der Waals surface area contributed by atoms with Crippen LogP contribution in [-0.4, -0.2) is 58.4 Å². The van der Waals surface area contributed by atoms with Gasteiger partial charge in [-0.05, 0) is 44.7 Å². The van der Waals surface area contributed by atoms with E-state index in [1.807, 2.05) is 20.8 Å². The van der Waals surface area contributed by atoms with Crippen molar-refractivity contribution in [3.8, 4) is 0 Å². The highest BCUT2D eigenvalue weighted by molar-refractivity contribution is 5.68. The van der Waals surface area contributed by atoms with Gasteiger partial charge in [0.25, 0.3) is 0 Å². The summed E-state index contributed by atoms with van der Waals surface area (Å²) in [6.45, 7) is 8.40. The van der Waals surface area contributed by atoms with Crippen LogP contribution in [0.4, 0.5) is 4.79 Å². The van der Waals surface area contributed by atoms with Gasteiger partial charge in [0.15, 0.2) is 0 Å². The number of ether oxygens (including phenoxy) is 1. The van der Waals surface area contributed by atoms with Crippen molar-refractivity contribution in [2.24, 2.45) is 0 Å². The van der Waals surface area contributed by atoms with Crippen molar-refractivity contribution < 1.29 is 14.6 Å². The minimum Gasteiger partial charge on any atom is -0.444 e. The number of hydrogen-bond acceptors (Lipinski definition) is 4. The number of fused-ring (bicyclic) bond motifs is 1. The maximum Gasteiger partial charge on any atom is 0.410 e. The molecule has 1 aromatic carbocycles. The molecule has 3 rings (SSSR count). The minimum atomic E-state index is -0.531. The Hall–Kier alpha value is -1.59. The molecular formula is C19H28N2O3. The summed E-state index contributed by atoms with van der Waals surface area (Å²) in [6.07, 6.45) is 0.943. The number of β-amino-alcohol motifs (C(OH)–C–C–N with tert-alkyl or cyclic N) is 1. The smallest absolute Gasteiger partial charge is 0.410 e. The van der Waals surface area contributed by atoms with Crippen LogP contribution < -0.4 is 0 Å². The molecule has 5 nitrogen and oxygen atoms in total. The second-order valence-electron chi connectivity index (χ2n) is 7.84. The van der Waals surface area contributed by atoms with Gasteiger partial charge < -0.3 is 14.7 Å². The SMILES string of the molecule is CC(C)(C)OC(=O)N1CCC(N2CCc3ccccc3C2)[C@@H](O)C1. The summed E-state index contributed by atoms with van der Waals surface area (Å²) in [5.74, 6) is 0. The lowest BCUT2D eigenvalue weighted by Crippen LogP contribution is -2.56. The van der Waals surface area contributed by atoms with Crippen LogP contribution in [-0.2, 0) is 17.7 Å². The van der Waals surface area contributed by atoms with E-state index in [0.717, 1.165) is 25.9 Å². The largest absolute Gasteiger partial charge is 0.444 e. The lowest BCUT2D eigenvalue weighted by Gasteiger charge is -2.43. The molecule has 1 amide bonds. The summed E-state index contributed by atoms with van der Waals surface area (Å²) in [5.41, 5.74) is 2.26. The molecule has 2 heterocycles. The van der Waals surface area contributed by atoms with Gasteiger partial charge in [0.05, 0.1) is 12.6 Å². The molecule has 2 aliphatic heterocycles. The van der Waals surface area contributed by atoms with Gasteiger partial charge in [-0.3, -0.25) is 4.90 Å². The molecule has 1 saturated heterocycles. The van der Waals surface area contributed by atoms with Gasteiger partial charge in [0.1, 0.15) is 5.60 Å². The summed E-state index contributed by atoms with van der Waals surface area (Å²) >= 11 is 0. The molecule has 5 heteroatoms. The molecule has 24 heavy (non-hydrogen) atoms. The van der Waals surface area contributed by atoms with Gasteiger partial charge in [0.2, 0.25) is 0 Å². The Labute approximate surface area is 144 Å². The van der Waals surface area contributed by atoms with Crippen molar-refractivity contribution in [3.63, 3.8) is 0 Å². The number of likely N-dealkylation sites (tertiary alicyclic amines) is 1. The number of benzene rings is 1. The van der Waals surface area contributed by atoms with E-state index in [-0.39, 0.29) is 12.1 Å². The zero-order chi connectivity index (χ0) is 17.3. The summed E-state index contributed by atoms with van der Waals surface area (Å²) in [4.78, 5) is 16.2. The van der Waals surface area contributed by atoms with Crippen molar-refractivity contribution in [1.82, 2.24) is 9.80 Å². The number of hydrogen-bond donors (Lipinski definition) is 1. The lowest BCUT2D eigenvalue weighted by molar-refractivity contribution is -0.0324. The number of aliphatic hydroxyl groups is 1. The van der Waals surface area contributed by atoms with Crippen LogP contribution in [0, 0.1) is 0 Å². The third kappa shape index (κ3) is 3.90. The Morgan fingerprint density at radius 1 is 1.21 bits per heavy atom. The van der Waals surface area contributed by atoms with E-state index in [9.17, 15) is 9.90 Å². The molecule has 2 aliphatic rings. The monoisotopic (exact) mass is 332 g/mol. The van der Waals surface area contributed by atoms with E-state index in [4.69, 9.17) is 4.74 Å². The van der Waals surface area contributed by atoms with E-state index in [1.165, 1.54) is 11.1 Å². The average molecular weight is 332 g/mol. The first-order chi connectivity index (χ1) is 11.3. The van der Waals surface area contributed by atoms with Gasteiger partial charge in [-0.25, -0.2) is 4.79 Å². The summed E-state index contributed by atoms with van der Waals surface area (Å²) in [6, 6.07) is 8.63. The number of amides is 1. The molecule has 0 aliphatic carbocycles. The molecule has 0 spiro atoms. The summed E-state index contributed by atoms with van der Waals surface area (Å²) < 4.78 is 5.41. The third-order valence-electron chi connectivity index (χ3n) is 4.83. The van der Waals surface area contributed by atoms with Crippen molar-refractivity contribution in [1.29, 1.82) is 0 Å². The molecule has 2 atom stereocenters. The second kappa shape index (κ2) is 6.73. The van der Waals surface area contributed by atoms with Crippen molar-refractivity contribution in [3.05, 3.63) is 35.4 Å². The van der Waals surface area contributed by atoms with E-state index in [2.05, 4.69) is 29.2 Å². The van der Waals surface area contributed by atoms with E-state index < -0.39 is 11.7 Å². The number of carbonyl (C=O) groups is 1. The number of carbonyl (C=O) groups excluding carboxylic acids is 1. The predicted molar refractivity (Wildman–Crippen MR) is 92.8 cm³/mol. The van der Waals surface area contributed by atoms with Crippen molar-refractivity contribution in [2.45, 2.75) is 57.9 Å². The number of nitrogens with zero attached hydrogens (tertiary/aromatic N) is 2. The fourth-order valence-electron chi connectivity index (χ4n) is 3.64. The summed E-state index contributed by atoms with van der Waals surface area (Å²) in [7, 11) is 0. The first-order valence-corrected chi connectivity index (χ1v) is 8.80. The van der Waals surface area contributed by atoms with Crippen LogP contribution in [0.2, 0.25) is 0 Å². The Morgan fingerprint density at radius 3 is 2.58 bits per heavy atom. The van der Waals surface area contributed by atoms with E-state index >= 15 is 0 Å². The van der Waals surface area contributed by atoms with Gasteiger partial charge in [-0.1, -0.05) is 24.3 Å². The lowest BCUT2D eigenvalue weighted by atomic mass is 9.94. The van der Waals surface area contributed by atoms with Gasteiger partial charge in [-0.15, -0.1) is 0 Å². The maximum absolute atomic E-state index is 12.2. The predicted octanol–water partition coefficient (Wildman–Crippen LogP) is 2.42. The highest BCUT2D eigenvalue weighted by Gasteiger charge is 2.36. The fraction of sp³-hybridized carbons (Fsp3) is 0.632. The zero-order valence-electron chi connectivity index (χ0n) is 14.9. The number of piperidine rings is 1. The normalized spacial score (nSPS) is 25.2. The van der Waals surface area contributed by atoms with Gasteiger partial charge in [0, 0.05) is 25.7 Å². The van der Waals surface area contributed by atoms with Gasteiger partial charge in [-0.2, -0.15) is 0 Å². The molecule has 1 fully saturated rings. The minimum absolute atomic E-state index is 0.108. The van der Waals surface area contributed by atoms with Crippen LogP contribution in [0.3, 0.4) is 0 Å². The standard InChI is InChI=1S/C19H28N2O3/c1-19(2,3)24-18(23)21-11-9-16(17(22)13-21)20-10-8-14-6-4-5-7-15(14)12-20/h4-7,16-17,22H,8-13H2,1-3H3/t16?,17-/m0/s1. The maximum atomic E-state index is 12.2. The number of aliphatic hydroxyl groups excluding tert-OH is 1. The fourth-order valence-corrected chi connectivity index (χ4v) is 3.64. The van der Waals surface area contributed by atoms with Crippen molar-refractivity contribution >= 4 is 6.09 Å². The molecule has 0 bridgehead atoms. The molecule has 1 aromatic rings. The Morgan fingerprint density at radius 2 is 1.92 bits per heavy atom. The zero-order valence-corrected chi connectivity index (χ0v) is 14.9. The molecule has 0 saturated carbocycles. The molecule has 132 valence electrons. The van der Waals surface area contributed by atoms with Gasteiger partial charge >= 0.3 is 6.09 Å². The second-order valence-corrected chi connectivity index (χ2v) is 7.84. The Kier molecular flexibility index (Phi) is 4.83. The van der Waals surface area contributed by atoms with Crippen LogP contribution in [0.15, 0.2) is 24.3 Å². The molecular weight excluding hydrogens is 304 g/mol.